The van der Waals surface area contributed by atoms with E-state index in [2.05, 4.69) is 25.8 Å². The highest BCUT2D eigenvalue weighted by Gasteiger charge is 2.02. The van der Waals surface area contributed by atoms with Crippen LogP contribution < -0.4 is 5.43 Å². The molecule has 0 radical (unpaired) electrons. The minimum Gasteiger partial charge on any atom is -0.260 e. The van der Waals surface area contributed by atoms with E-state index in [0.29, 0.717) is 5.82 Å². The van der Waals surface area contributed by atoms with E-state index < -0.39 is 0 Å². The Hall–Kier alpha value is -2.76. The van der Waals surface area contributed by atoms with E-state index in [1.54, 1.807) is 10.7 Å². The second-order valence-corrected chi connectivity index (χ2v) is 4.02. The van der Waals surface area contributed by atoms with Gasteiger partial charge in [0.25, 0.3) is 0 Å². The van der Waals surface area contributed by atoms with Crippen molar-refractivity contribution in [3.05, 3.63) is 53.9 Å². The molecule has 0 atom stereocenters. The molecule has 0 aliphatic carbocycles. The summed E-state index contributed by atoms with van der Waals surface area (Å²) >= 11 is 0. The lowest BCUT2D eigenvalue weighted by Crippen LogP contribution is -2.00. The van der Waals surface area contributed by atoms with Crippen LogP contribution in [0.15, 0.2) is 47.6 Å². The molecule has 0 saturated carbocycles. The summed E-state index contributed by atoms with van der Waals surface area (Å²) in [6.45, 7) is 1.85. The van der Waals surface area contributed by atoms with Crippen LogP contribution >= 0.6 is 0 Å². The van der Waals surface area contributed by atoms with E-state index in [9.17, 15) is 0 Å². The van der Waals surface area contributed by atoms with E-state index >= 15 is 0 Å². The van der Waals surface area contributed by atoms with Crippen LogP contribution in [0.2, 0.25) is 0 Å². The highest BCUT2D eigenvalue weighted by Crippen LogP contribution is 2.06. The maximum Gasteiger partial charge on any atom is 0.178 e. The van der Waals surface area contributed by atoms with Crippen LogP contribution in [0.4, 0.5) is 5.82 Å². The molecule has 0 aliphatic rings. The van der Waals surface area contributed by atoms with Gasteiger partial charge in [-0.2, -0.15) is 9.62 Å². The topological polar surface area (TPSA) is 67.5 Å². The number of hydrogen-bond donors (Lipinski definition) is 1. The molecule has 2 heterocycles. The highest BCUT2D eigenvalue weighted by molar-refractivity contribution is 5.79. The van der Waals surface area contributed by atoms with Gasteiger partial charge in [0.15, 0.2) is 17.3 Å². The molecule has 6 heteroatoms. The first-order chi connectivity index (χ1) is 9.33. The first-order valence-electron chi connectivity index (χ1n) is 5.86. The largest absolute Gasteiger partial charge is 0.260 e. The summed E-state index contributed by atoms with van der Waals surface area (Å²) in [6.07, 6.45) is 1.74. The Balaban J connectivity index is 1.78. The number of hydrazone groups is 1. The van der Waals surface area contributed by atoms with E-state index in [4.69, 9.17) is 0 Å². The van der Waals surface area contributed by atoms with Gasteiger partial charge in [0.2, 0.25) is 0 Å². The Morgan fingerprint density at radius 1 is 1.11 bits per heavy atom. The van der Waals surface area contributed by atoms with Crippen LogP contribution in [-0.2, 0) is 0 Å². The molecule has 1 N–H and O–H groups in total. The number of aromatic nitrogens is 4. The molecular formula is C13H12N6. The van der Waals surface area contributed by atoms with Crippen LogP contribution in [0.5, 0.6) is 0 Å². The van der Waals surface area contributed by atoms with Crippen molar-refractivity contribution < 1.29 is 0 Å². The third-order valence-electron chi connectivity index (χ3n) is 2.61. The Morgan fingerprint density at radius 2 is 1.95 bits per heavy atom. The van der Waals surface area contributed by atoms with Gasteiger partial charge < -0.3 is 0 Å². The zero-order valence-electron chi connectivity index (χ0n) is 10.4. The standard InChI is InChI=1S/C13H12N6/c1-10-15-17-13-8-7-12(18-19(10)13)16-14-9-11-5-3-2-4-6-11/h2-9H,1H3,(H,16,18)/b14-9+. The van der Waals surface area contributed by atoms with Gasteiger partial charge in [-0.05, 0) is 24.6 Å². The highest BCUT2D eigenvalue weighted by atomic mass is 15.4. The van der Waals surface area contributed by atoms with Gasteiger partial charge in [-0.15, -0.1) is 15.3 Å². The van der Waals surface area contributed by atoms with Crippen molar-refractivity contribution >= 4 is 17.7 Å². The number of aryl methyl sites for hydroxylation is 1. The van der Waals surface area contributed by atoms with Gasteiger partial charge in [-0.25, -0.2) is 0 Å². The van der Waals surface area contributed by atoms with Crippen LogP contribution in [0, 0.1) is 6.92 Å². The molecule has 3 aromatic rings. The molecule has 19 heavy (non-hydrogen) atoms. The molecule has 6 nitrogen and oxygen atoms in total. The second-order valence-electron chi connectivity index (χ2n) is 4.02. The van der Waals surface area contributed by atoms with Gasteiger partial charge in [-0.1, -0.05) is 30.3 Å². The van der Waals surface area contributed by atoms with Crippen LogP contribution in [-0.4, -0.2) is 26.0 Å². The molecule has 2 aromatic heterocycles. The lowest BCUT2D eigenvalue weighted by atomic mass is 10.2. The van der Waals surface area contributed by atoms with Crippen molar-refractivity contribution in [2.45, 2.75) is 6.92 Å². The van der Waals surface area contributed by atoms with E-state index in [-0.39, 0.29) is 0 Å². The minimum absolute atomic E-state index is 0.641. The smallest absolute Gasteiger partial charge is 0.178 e. The van der Waals surface area contributed by atoms with Crippen LogP contribution in [0.1, 0.15) is 11.4 Å². The number of fused-ring (bicyclic) bond motifs is 1. The predicted octanol–water partition coefficient (Wildman–Crippen LogP) is 1.88. The van der Waals surface area contributed by atoms with Crippen molar-refractivity contribution in [3.8, 4) is 0 Å². The fourth-order valence-corrected chi connectivity index (χ4v) is 1.67. The number of benzene rings is 1. The fourth-order valence-electron chi connectivity index (χ4n) is 1.67. The lowest BCUT2D eigenvalue weighted by Gasteiger charge is -2.00. The van der Waals surface area contributed by atoms with Crippen molar-refractivity contribution in [3.63, 3.8) is 0 Å². The van der Waals surface area contributed by atoms with Crippen molar-refractivity contribution in [1.29, 1.82) is 0 Å². The van der Waals surface area contributed by atoms with Crippen LogP contribution in [0.25, 0.3) is 5.65 Å². The molecule has 0 amide bonds. The molecule has 0 saturated heterocycles. The van der Waals surface area contributed by atoms with Gasteiger partial charge in [-0.3, -0.25) is 5.43 Å². The number of nitrogens with one attached hydrogen (secondary N) is 1. The van der Waals surface area contributed by atoms with Crippen molar-refractivity contribution in [1.82, 2.24) is 19.8 Å². The molecule has 0 aliphatic heterocycles. The van der Waals surface area contributed by atoms with Crippen LogP contribution in [0.3, 0.4) is 0 Å². The first-order valence-corrected chi connectivity index (χ1v) is 5.86. The summed E-state index contributed by atoms with van der Waals surface area (Å²) in [5, 5.41) is 16.4. The second kappa shape index (κ2) is 4.85. The van der Waals surface area contributed by atoms with Gasteiger partial charge >= 0.3 is 0 Å². The summed E-state index contributed by atoms with van der Waals surface area (Å²) in [6, 6.07) is 13.5. The third kappa shape index (κ3) is 2.42. The summed E-state index contributed by atoms with van der Waals surface area (Å²) in [5.41, 5.74) is 4.63. The molecule has 94 valence electrons. The van der Waals surface area contributed by atoms with Crippen molar-refractivity contribution in [2.75, 3.05) is 5.43 Å². The van der Waals surface area contributed by atoms with Gasteiger partial charge in [0, 0.05) is 0 Å². The number of anilines is 1. The molecular weight excluding hydrogens is 240 g/mol. The monoisotopic (exact) mass is 252 g/mol. The summed E-state index contributed by atoms with van der Waals surface area (Å²) in [5.74, 6) is 1.38. The summed E-state index contributed by atoms with van der Waals surface area (Å²) < 4.78 is 1.67. The Bertz CT molecular complexity index is 716. The van der Waals surface area contributed by atoms with E-state index in [1.807, 2.05) is 49.4 Å². The minimum atomic E-state index is 0.641. The average molecular weight is 252 g/mol. The Kier molecular flexibility index (Phi) is 2.89. The van der Waals surface area contributed by atoms with E-state index in [0.717, 1.165) is 17.0 Å². The molecule has 0 bridgehead atoms. The quantitative estimate of drug-likeness (QED) is 0.571. The SMILES string of the molecule is Cc1nnc2ccc(N/N=C/c3ccccc3)nn12. The Morgan fingerprint density at radius 3 is 2.79 bits per heavy atom. The maximum absolute atomic E-state index is 4.33. The maximum atomic E-state index is 4.33. The molecule has 3 rings (SSSR count). The predicted molar refractivity (Wildman–Crippen MR) is 73.2 cm³/mol. The third-order valence-corrected chi connectivity index (χ3v) is 2.61. The van der Waals surface area contributed by atoms with E-state index in [1.165, 1.54) is 0 Å². The fraction of sp³-hybridized carbons (Fsp3) is 0.0769. The molecule has 0 fully saturated rings. The summed E-state index contributed by atoms with van der Waals surface area (Å²) in [7, 11) is 0. The average Bonchev–Trinajstić information content (AvgIpc) is 2.82. The summed E-state index contributed by atoms with van der Waals surface area (Å²) in [4.78, 5) is 0. The number of rotatable bonds is 3. The normalized spacial score (nSPS) is 11.2. The van der Waals surface area contributed by atoms with Gasteiger partial charge in [0.1, 0.15) is 0 Å². The molecule has 1 aromatic carbocycles. The lowest BCUT2D eigenvalue weighted by molar-refractivity contribution is 0.875. The zero-order valence-corrected chi connectivity index (χ0v) is 10.4. The first kappa shape index (κ1) is 11.3. The van der Waals surface area contributed by atoms with Crippen molar-refractivity contribution in [2.24, 2.45) is 5.10 Å². The zero-order chi connectivity index (χ0) is 13.1. The molecule has 0 unspecified atom stereocenters. The molecule has 0 spiro atoms. The number of hydrogen-bond acceptors (Lipinski definition) is 5. The van der Waals surface area contributed by atoms with Gasteiger partial charge in [0.05, 0.1) is 6.21 Å². The Labute approximate surface area is 109 Å². The number of nitrogens with zero attached hydrogens (tertiary/aromatic N) is 5.